The van der Waals surface area contributed by atoms with Gasteiger partial charge in [0.2, 0.25) is 5.91 Å². The highest BCUT2D eigenvalue weighted by Gasteiger charge is 2.54. The van der Waals surface area contributed by atoms with Crippen molar-refractivity contribution in [3.8, 4) is 0 Å². The fourth-order valence-electron chi connectivity index (χ4n) is 3.00. The molecule has 6 nitrogen and oxygen atoms in total. The van der Waals surface area contributed by atoms with Gasteiger partial charge in [-0.1, -0.05) is 33.2 Å². The van der Waals surface area contributed by atoms with Gasteiger partial charge in [-0.3, -0.25) is 9.69 Å². The number of carbonyl (C=O) groups excluding carboxylic acids is 1. The van der Waals surface area contributed by atoms with Crippen LogP contribution < -0.4 is 4.90 Å². The van der Waals surface area contributed by atoms with Gasteiger partial charge in [0.1, 0.15) is 0 Å². The molecule has 0 unspecified atom stereocenters. The number of anilines is 1. The molecule has 1 aromatic heterocycles. The zero-order valence-corrected chi connectivity index (χ0v) is 13.0. The van der Waals surface area contributed by atoms with Gasteiger partial charge in [-0.05, 0) is 47.4 Å². The van der Waals surface area contributed by atoms with Crippen molar-refractivity contribution < 1.29 is 4.79 Å². The van der Waals surface area contributed by atoms with Crippen molar-refractivity contribution in [2.45, 2.75) is 31.2 Å². The van der Waals surface area contributed by atoms with E-state index in [1.54, 1.807) is 9.58 Å². The van der Waals surface area contributed by atoms with Crippen LogP contribution in [0, 0.1) is 0 Å². The van der Waals surface area contributed by atoms with E-state index in [1.807, 2.05) is 24.3 Å². The van der Waals surface area contributed by atoms with Crippen molar-refractivity contribution in [2.24, 2.45) is 0 Å². The Kier molecular flexibility index (Phi) is 2.85. The molecule has 0 saturated heterocycles. The molecule has 4 rings (SSSR count). The van der Waals surface area contributed by atoms with Crippen molar-refractivity contribution in [1.29, 1.82) is 0 Å². The van der Waals surface area contributed by atoms with E-state index < -0.39 is 5.41 Å². The summed E-state index contributed by atoms with van der Waals surface area (Å²) in [5, 5.41) is 11.6. The SMILES string of the molecule is O=C(N1CCCn2nnnc21)C1(c2cccc(Br)c2)CC1. The summed E-state index contributed by atoms with van der Waals surface area (Å²) in [6.07, 6.45) is 2.67. The number of aromatic nitrogens is 4. The molecule has 7 heteroatoms. The molecule has 0 bridgehead atoms. The van der Waals surface area contributed by atoms with Crippen LogP contribution in [0.25, 0.3) is 0 Å². The summed E-state index contributed by atoms with van der Waals surface area (Å²) in [5.41, 5.74) is 0.684. The maximum absolute atomic E-state index is 13.1. The van der Waals surface area contributed by atoms with E-state index in [2.05, 4.69) is 31.5 Å². The zero-order valence-electron chi connectivity index (χ0n) is 11.4. The van der Waals surface area contributed by atoms with Crippen molar-refractivity contribution in [1.82, 2.24) is 20.2 Å². The first kappa shape index (κ1) is 12.9. The average molecular weight is 348 g/mol. The maximum atomic E-state index is 13.1. The number of fused-ring (bicyclic) bond motifs is 1. The Morgan fingerprint density at radius 3 is 2.90 bits per heavy atom. The molecule has 1 amide bonds. The minimum absolute atomic E-state index is 0.122. The number of carbonyl (C=O) groups is 1. The number of halogens is 1. The Balaban J connectivity index is 1.70. The average Bonchev–Trinajstić information content (AvgIpc) is 3.17. The second-order valence-corrected chi connectivity index (χ2v) is 6.52. The van der Waals surface area contributed by atoms with Gasteiger partial charge in [-0.2, -0.15) is 0 Å². The molecule has 0 spiro atoms. The highest BCUT2D eigenvalue weighted by atomic mass is 79.9. The monoisotopic (exact) mass is 347 g/mol. The fraction of sp³-hybridized carbons (Fsp3) is 0.429. The van der Waals surface area contributed by atoms with Crippen LogP contribution in [-0.2, 0) is 16.8 Å². The summed E-state index contributed by atoms with van der Waals surface area (Å²) in [6, 6.07) is 8.03. The van der Waals surface area contributed by atoms with Crippen molar-refractivity contribution in [3.05, 3.63) is 34.3 Å². The van der Waals surface area contributed by atoms with Gasteiger partial charge in [0.15, 0.2) is 0 Å². The van der Waals surface area contributed by atoms with Gasteiger partial charge in [0, 0.05) is 17.6 Å². The minimum atomic E-state index is -0.391. The number of tetrazole rings is 1. The molecular weight excluding hydrogens is 334 g/mol. The zero-order chi connectivity index (χ0) is 14.4. The van der Waals surface area contributed by atoms with Gasteiger partial charge in [-0.25, -0.2) is 4.68 Å². The molecule has 0 atom stereocenters. The number of amides is 1. The van der Waals surface area contributed by atoms with Gasteiger partial charge >= 0.3 is 0 Å². The molecule has 0 N–H and O–H groups in total. The highest BCUT2D eigenvalue weighted by Crippen LogP contribution is 2.50. The van der Waals surface area contributed by atoms with Gasteiger partial charge in [-0.15, -0.1) is 0 Å². The standard InChI is InChI=1S/C14H14BrN5O/c15-11-4-1-3-10(9-11)14(5-6-14)12(21)19-7-2-8-20-13(19)16-17-18-20/h1,3-4,9H,2,5-8H2. The van der Waals surface area contributed by atoms with E-state index in [-0.39, 0.29) is 5.91 Å². The third-order valence-corrected chi connectivity index (χ3v) is 4.78. The van der Waals surface area contributed by atoms with Gasteiger partial charge in [0.25, 0.3) is 5.95 Å². The van der Waals surface area contributed by atoms with E-state index in [9.17, 15) is 4.79 Å². The van der Waals surface area contributed by atoms with Crippen LogP contribution in [0.15, 0.2) is 28.7 Å². The molecular formula is C14H14BrN5O. The number of rotatable bonds is 2. The summed E-state index contributed by atoms with van der Waals surface area (Å²) < 4.78 is 2.71. The van der Waals surface area contributed by atoms with Crippen LogP contribution in [0.5, 0.6) is 0 Å². The number of benzene rings is 1. The molecule has 2 heterocycles. The van der Waals surface area contributed by atoms with Crippen LogP contribution in [0.3, 0.4) is 0 Å². The normalized spacial score (nSPS) is 19.2. The summed E-state index contributed by atoms with van der Waals surface area (Å²) in [4.78, 5) is 14.8. The Morgan fingerprint density at radius 2 is 2.14 bits per heavy atom. The maximum Gasteiger partial charge on any atom is 0.252 e. The third-order valence-electron chi connectivity index (χ3n) is 4.29. The van der Waals surface area contributed by atoms with Crippen LogP contribution in [-0.4, -0.2) is 32.7 Å². The quantitative estimate of drug-likeness (QED) is 0.832. The lowest BCUT2D eigenvalue weighted by Gasteiger charge is -2.29. The Hall–Kier alpha value is -1.76. The molecule has 1 fully saturated rings. The first-order chi connectivity index (χ1) is 10.2. The smallest absolute Gasteiger partial charge is 0.252 e. The number of aryl methyl sites for hydroxylation is 1. The van der Waals surface area contributed by atoms with Crippen molar-refractivity contribution >= 4 is 27.8 Å². The Bertz CT molecular complexity index is 709. The Morgan fingerprint density at radius 1 is 1.29 bits per heavy atom. The largest absolute Gasteiger partial charge is 0.279 e. The van der Waals surface area contributed by atoms with Gasteiger partial charge < -0.3 is 0 Å². The highest BCUT2D eigenvalue weighted by molar-refractivity contribution is 9.10. The summed E-state index contributed by atoms with van der Waals surface area (Å²) in [7, 11) is 0. The van der Waals surface area contributed by atoms with E-state index in [4.69, 9.17) is 0 Å². The summed E-state index contributed by atoms with van der Waals surface area (Å²) >= 11 is 3.49. The summed E-state index contributed by atoms with van der Waals surface area (Å²) in [6.45, 7) is 1.46. The fourth-order valence-corrected chi connectivity index (χ4v) is 3.40. The lowest BCUT2D eigenvalue weighted by molar-refractivity contribution is -0.121. The molecule has 1 saturated carbocycles. The molecule has 1 aromatic carbocycles. The van der Waals surface area contributed by atoms with Crippen LogP contribution in [0.2, 0.25) is 0 Å². The first-order valence-electron chi connectivity index (χ1n) is 7.05. The first-order valence-corrected chi connectivity index (χ1v) is 7.84. The topological polar surface area (TPSA) is 63.9 Å². The van der Waals surface area contributed by atoms with E-state index in [1.165, 1.54) is 0 Å². The molecule has 2 aromatic rings. The second-order valence-electron chi connectivity index (χ2n) is 5.60. The van der Waals surface area contributed by atoms with Crippen molar-refractivity contribution in [3.63, 3.8) is 0 Å². The second kappa shape index (κ2) is 4.62. The van der Waals surface area contributed by atoms with Gasteiger partial charge in [0.05, 0.1) is 5.41 Å². The summed E-state index contributed by atoms with van der Waals surface area (Å²) in [5.74, 6) is 0.698. The predicted octanol–water partition coefficient (Wildman–Crippen LogP) is 1.90. The number of hydrogen-bond donors (Lipinski definition) is 0. The van der Waals surface area contributed by atoms with E-state index in [0.717, 1.165) is 35.8 Å². The lowest BCUT2D eigenvalue weighted by Crippen LogP contribution is -2.44. The number of hydrogen-bond acceptors (Lipinski definition) is 4. The lowest BCUT2D eigenvalue weighted by atomic mass is 9.94. The van der Waals surface area contributed by atoms with Crippen LogP contribution in [0.4, 0.5) is 5.95 Å². The van der Waals surface area contributed by atoms with E-state index in [0.29, 0.717) is 12.5 Å². The molecule has 108 valence electrons. The Labute approximate surface area is 130 Å². The third kappa shape index (κ3) is 1.98. The molecule has 2 aliphatic rings. The minimum Gasteiger partial charge on any atom is -0.279 e. The molecule has 1 aliphatic carbocycles. The molecule has 21 heavy (non-hydrogen) atoms. The number of nitrogens with zero attached hydrogens (tertiary/aromatic N) is 5. The molecule has 0 radical (unpaired) electrons. The van der Waals surface area contributed by atoms with Crippen LogP contribution >= 0.6 is 15.9 Å². The van der Waals surface area contributed by atoms with Crippen molar-refractivity contribution in [2.75, 3.05) is 11.4 Å². The molecule has 1 aliphatic heterocycles. The van der Waals surface area contributed by atoms with Crippen LogP contribution in [0.1, 0.15) is 24.8 Å². The predicted molar refractivity (Wildman–Crippen MR) is 79.8 cm³/mol. The van der Waals surface area contributed by atoms with E-state index >= 15 is 0 Å².